The summed E-state index contributed by atoms with van der Waals surface area (Å²) >= 11 is 1.58. The van der Waals surface area contributed by atoms with Crippen molar-refractivity contribution >= 4 is 21.6 Å². The van der Waals surface area contributed by atoms with Crippen LogP contribution >= 0.6 is 11.3 Å². The third-order valence-electron chi connectivity index (χ3n) is 4.94. The maximum atomic E-state index is 11.3. The smallest absolute Gasteiger partial charge is 0.387 e. The highest BCUT2D eigenvalue weighted by molar-refractivity contribution is 7.22. The van der Waals surface area contributed by atoms with Gasteiger partial charge in [0.2, 0.25) is 0 Å². The van der Waals surface area contributed by atoms with Crippen molar-refractivity contribution in [3.05, 3.63) is 65.7 Å². The average Bonchev–Trinajstić information content (AvgIpc) is 3.51. The van der Waals surface area contributed by atoms with Crippen LogP contribution in [-0.4, -0.2) is 24.3 Å². The summed E-state index contributed by atoms with van der Waals surface area (Å²) in [5.74, 6) is -0.199. The van der Waals surface area contributed by atoms with Crippen molar-refractivity contribution in [1.29, 1.82) is 0 Å². The maximum absolute atomic E-state index is 11.3. The molecule has 0 aliphatic carbocycles. The molecule has 146 valence electrons. The van der Waals surface area contributed by atoms with Gasteiger partial charge in [-0.2, -0.15) is 0 Å². The van der Waals surface area contributed by atoms with Crippen LogP contribution in [-0.2, 0) is 6.54 Å². The minimum atomic E-state index is -0.536. The normalized spacial score (nSPS) is 11.5. The summed E-state index contributed by atoms with van der Waals surface area (Å²) in [5, 5.41) is 6.28. The van der Waals surface area contributed by atoms with Gasteiger partial charge in [0.25, 0.3) is 5.89 Å². The van der Waals surface area contributed by atoms with E-state index < -0.39 is 5.76 Å². The molecule has 8 heteroatoms. The first kappa shape index (κ1) is 17.7. The number of aromatic nitrogens is 5. The second-order valence-electron chi connectivity index (χ2n) is 6.83. The molecule has 0 amide bonds. The molecule has 0 aliphatic rings. The number of nitrogens with one attached hydrogen (secondary N) is 1. The molecule has 29 heavy (non-hydrogen) atoms. The van der Waals surface area contributed by atoms with E-state index in [2.05, 4.69) is 63.1 Å². The summed E-state index contributed by atoms with van der Waals surface area (Å²) < 4.78 is 10.6. The van der Waals surface area contributed by atoms with E-state index in [-0.39, 0.29) is 0 Å². The fraction of sp³-hybridized carbons (Fsp3) is 0.190. The first-order valence-corrected chi connectivity index (χ1v) is 10.3. The first-order valence-electron chi connectivity index (χ1n) is 9.50. The van der Waals surface area contributed by atoms with E-state index in [4.69, 9.17) is 4.42 Å². The largest absolute Gasteiger partial charge is 0.434 e. The van der Waals surface area contributed by atoms with Crippen LogP contribution in [0, 0.1) is 0 Å². The number of aryl methyl sites for hydroxylation is 1. The number of imidazole rings is 1. The van der Waals surface area contributed by atoms with Crippen molar-refractivity contribution in [3.8, 4) is 27.7 Å². The van der Waals surface area contributed by atoms with E-state index in [1.807, 2.05) is 10.8 Å². The zero-order chi connectivity index (χ0) is 19.8. The lowest BCUT2D eigenvalue weighted by Crippen LogP contribution is -1.99. The highest BCUT2D eigenvalue weighted by Gasteiger charge is 2.17. The quantitative estimate of drug-likeness (QED) is 0.444. The third-order valence-corrected chi connectivity index (χ3v) is 6.00. The Balaban J connectivity index is 1.57. The lowest BCUT2D eigenvalue weighted by atomic mass is 10.1. The van der Waals surface area contributed by atoms with Gasteiger partial charge in [-0.25, -0.2) is 14.9 Å². The number of aromatic amines is 1. The molecule has 0 saturated heterocycles. The van der Waals surface area contributed by atoms with Gasteiger partial charge >= 0.3 is 5.76 Å². The molecule has 4 heterocycles. The third kappa shape index (κ3) is 3.21. The van der Waals surface area contributed by atoms with Gasteiger partial charge < -0.3 is 13.6 Å². The molecule has 0 saturated carbocycles. The number of hydrogen-bond donors (Lipinski definition) is 1. The first-order chi connectivity index (χ1) is 14.2. The van der Waals surface area contributed by atoms with Crippen molar-refractivity contribution in [2.45, 2.75) is 26.3 Å². The Bertz CT molecular complexity index is 1310. The molecular weight excluding hydrogens is 386 g/mol. The number of H-pyrrole nitrogens is 1. The van der Waals surface area contributed by atoms with Crippen LogP contribution < -0.4 is 5.76 Å². The van der Waals surface area contributed by atoms with Gasteiger partial charge in [0.15, 0.2) is 0 Å². The lowest BCUT2D eigenvalue weighted by molar-refractivity contribution is 0.528. The Morgan fingerprint density at radius 3 is 2.76 bits per heavy atom. The molecule has 0 aliphatic heterocycles. The molecule has 5 rings (SSSR count). The monoisotopic (exact) mass is 405 g/mol. The van der Waals surface area contributed by atoms with Gasteiger partial charge in [0.1, 0.15) is 0 Å². The summed E-state index contributed by atoms with van der Waals surface area (Å²) in [4.78, 5) is 16.2. The number of benzene rings is 1. The van der Waals surface area contributed by atoms with Crippen LogP contribution in [0.15, 0.2) is 64.3 Å². The van der Waals surface area contributed by atoms with Crippen molar-refractivity contribution in [2.24, 2.45) is 0 Å². The van der Waals surface area contributed by atoms with E-state index in [1.165, 1.54) is 11.3 Å². The minimum absolute atomic E-state index is 0.337. The fourth-order valence-electron chi connectivity index (χ4n) is 3.49. The molecule has 0 spiro atoms. The minimum Gasteiger partial charge on any atom is -0.387 e. The molecule has 0 atom stereocenters. The highest BCUT2D eigenvalue weighted by Crippen LogP contribution is 2.37. The van der Waals surface area contributed by atoms with Gasteiger partial charge in [-0.1, -0.05) is 25.5 Å². The Kier molecular flexibility index (Phi) is 4.40. The SMILES string of the molecule is CCCCn1c(-c2ccc(-n3ccnc3)cc2)cc2sc(-c3n[nH]c(=O)o3)cc21. The Hall–Kier alpha value is -3.39. The van der Waals surface area contributed by atoms with Crippen LogP contribution in [0.1, 0.15) is 19.8 Å². The van der Waals surface area contributed by atoms with Crippen LogP contribution in [0.4, 0.5) is 0 Å². The highest BCUT2D eigenvalue weighted by atomic mass is 32.1. The molecule has 5 aromatic rings. The van der Waals surface area contributed by atoms with Gasteiger partial charge in [-0.05, 0) is 36.2 Å². The van der Waals surface area contributed by atoms with Gasteiger partial charge in [-0.3, -0.25) is 0 Å². The summed E-state index contributed by atoms with van der Waals surface area (Å²) in [6, 6.07) is 12.8. The predicted molar refractivity (Wildman–Crippen MR) is 113 cm³/mol. The van der Waals surface area contributed by atoms with Crippen LogP contribution in [0.5, 0.6) is 0 Å². The Morgan fingerprint density at radius 2 is 2.07 bits per heavy atom. The number of thiophene rings is 1. The summed E-state index contributed by atoms with van der Waals surface area (Å²) in [6.45, 7) is 3.12. The summed E-state index contributed by atoms with van der Waals surface area (Å²) in [5.41, 5.74) is 4.57. The van der Waals surface area contributed by atoms with Crippen molar-refractivity contribution in [2.75, 3.05) is 0 Å². The molecule has 4 aromatic heterocycles. The number of nitrogens with zero attached hydrogens (tertiary/aromatic N) is 4. The standard InChI is InChI=1S/C21H19N5O2S/c1-2-3-9-26-16(14-4-6-15(7-5-14)25-10-8-22-13-25)11-18-17(26)12-19(29-18)20-23-24-21(27)28-20/h4-8,10-13H,2-3,9H2,1H3,(H,24,27). The molecule has 0 fully saturated rings. The van der Waals surface area contributed by atoms with Gasteiger partial charge in [0, 0.05) is 30.3 Å². The lowest BCUT2D eigenvalue weighted by Gasteiger charge is -2.11. The number of hydrogen-bond acceptors (Lipinski definition) is 5. The van der Waals surface area contributed by atoms with Crippen LogP contribution in [0.2, 0.25) is 0 Å². The Labute approximate surface area is 170 Å². The van der Waals surface area contributed by atoms with Gasteiger partial charge in [0.05, 0.1) is 21.4 Å². The summed E-state index contributed by atoms with van der Waals surface area (Å²) in [6.07, 6.45) is 7.71. The van der Waals surface area contributed by atoms with E-state index in [0.717, 1.165) is 40.2 Å². The van der Waals surface area contributed by atoms with E-state index >= 15 is 0 Å². The molecular formula is C21H19N5O2S. The number of fused-ring (bicyclic) bond motifs is 1. The van der Waals surface area contributed by atoms with Crippen LogP contribution in [0.3, 0.4) is 0 Å². The molecule has 1 N–H and O–H groups in total. The second kappa shape index (κ2) is 7.21. The number of rotatable bonds is 6. The van der Waals surface area contributed by atoms with Crippen molar-refractivity contribution in [3.63, 3.8) is 0 Å². The Morgan fingerprint density at radius 1 is 1.21 bits per heavy atom. The molecule has 0 unspecified atom stereocenters. The number of unbranched alkanes of at least 4 members (excludes halogenated alkanes) is 1. The van der Waals surface area contributed by atoms with E-state index in [9.17, 15) is 4.79 Å². The molecule has 1 aromatic carbocycles. The zero-order valence-corrected chi connectivity index (χ0v) is 16.6. The van der Waals surface area contributed by atoms with Gasteiger partial charge in [-0.15, -0.1) is 16.4 Å². The van der Waals surface area contributed by atoms with E-state index in [1.54, 1.807) is 23.9 Å². The molecule has 0 bridgehead atoms. The zero-order valence-electron chi connectivity index (χ0n) is 15.8. The van der Waals surface area contributed by atoms with Crippen molar-refractivity contribution < 1.29 is 4.42 Å². The van der Waals surface area contributed by atoms with Crippen LogP contribution in [0.25, 0.3) is 37.9 Å². The average molecular weight is 405 g/mol. The fourth-order valence-corrected chi connectivity index (χ4v) is 4.52. The predicted octanol–water partition coefficient (Wildman–Crippen LogP) is 4.70. The van der Waals surface area contributed by atoms with E-state index in [0.29, 0.717) is 5.89 Å². The maximum Gasteiger partial charge on any atom is 0.434 e. The molecule has 0 radical (unpaired) electrons. The second-order valence-corrected chi connectivity index (χ2v) is 7.91. The summed E-state index contributed by atoms with van der Waals surface area (Å²) in [7, 11) is 0. The topological polar surface area (TPSA) is 81.6 Å². The van der Waals surface area contributed by atoms with Crippen molar-refractivity contribution in [1.82, 2.24) is 24.3 Å². The molecule has 7 nitrogen and oxygen atoms in total.